The Hall–Kier alpha value is -1.37. The van der Waals surface area contributed by atoms with E-state index in [1.165, 1.54) is 0 Å². The molecule has 118 valence electrons. The number of rotatable bonds is 5. The minimum Gasteiger partial charge on any atom is -0.503 e. The minimum absolute atomic E-state index is 0.170. The first-order chi connectivity index (χ1) is 9.95. The second-order valence-corrected chi connectivity index (χ2v) is 6.09. The van der Waals surface area contributed by atoms with Crippen molar-refractivity contribution in [1.82, 2.24) is 19.3 Å². The highest BCUT2D eigenvalue weighted by Gasteiger charge is 2.16. The summed E-state index contributed by atoms with van der Waals surface area (Å²) in [6, 6.07) is 1.57. The Bertz CT molecular complexity index is 519. The zero-order chi connectivity index (χ0) is 15.4. The van der Waals surface area contributed by atoms with Gasteiger partial charge in [0.1, 0.15) is 0 Å². The van der Waals surface area contributed by atoms with Crippen LogP contribution in [-0.2, 0) is 13.1 Å². The number of aromatic nitrogens is 1. The maximum absolute atomic E-state index is 11.7. The van der Waals surface area contributed by atoms with Crippen molar-refractivity contribution in [2.75, 3.05) is 53.9 Å². The van der Waals surface area contributed by atoms with Gasteiger partial charge >= 0.3 is 0 Å². The van der Waals surface area contributed by atoms with Gasteiger partial charge in [-0.25, -0.2) is 0 Å². The molecule has 0 amide bonds. The third-order valence-corrected chi connectivity index (χ3v) is 3.97. The SMILES string of the molecule is CN(C)CCn1cc(O)c(=O)cc1CN1CCN(C)CC1. The Morgan fingerprint density at radius 3 is 2.52 bits per heavy atom. The van der Waals surface area contributed by atoms with Crippen LogP contribution in [0, 0.1) is 0 Å². The van der Waals surface area contributed by atoms with Gasteiger partial charge in [0.25, 0.3) is 0 Å². The molecular formula is C15H26N4O2. The van der Waals surface area contributed by atoms with Crippen LogP contribution >= 0.6 is 0 Å². The van der Waals surface area contributed by atoms with E-state index in [0.717, 1.165) is 51.5 Å². The molecule has 2 heterocycles. The van der Waals surface area contributed by atoms with Crippen molar-refractivity contribution in [3.05, 3.63) is 28.2 Å². The van der Waals surface area contributed by atoms with E-state index in [1.807, 2.05) is 18.7 Å². The molecule has 1 saturated heterocycles. The average molecular weight is 294 g/mol. The molecule has 1 aromatic heterocycles. The molecule has 21 heavy (non-hydrogen) atoms. The summed E-state index contributed by atoms with van der Waals surface area (Å²) in [4.78, 5) is 18.5. The minimum atomic E-state index is -0.291. The Kier molecular flexibility index (Phi) is 5.39. The Morgan fingerprint density at radius 1 is 1.24 bits per heavy atom. The van der Waals surface area contributed by atoms with Crippen LogP contribution in [0.4, 0.5) is 0 Å². The van der Waals surface area contributed by atoms with Gasteiger partial charge in [-0.2, -0.15) is 0 Å². The number of nitrogens with zero attached hydrogens (tertiary/aromatic N) is 4. The molecular weight excluding hydrogens is 268 g/mol. The van der Waals surface area contributed by atoms with E-state index in [1.54, 1.807) is 12.3 Å². The fraction of sp³-hybridized carbons (Fsp3) is 0.667. The fourth-order valence-electron chi connectivity index (χ4n) is 2.49. The molecule has 0 aromatic carbocycles. The maximum atomic E-state index is 11.7. The predicted octanol–water partition coefficient (Wildman–Crippen LogP) is -0.137. The summed E-state index contributed by atoms with van der Waals surface area (Å²) >= 11 is 0. The van der Waals surface area contributed by atoms with Gasteiger partial charge in [-0.1, -0.05) is 0 Å². The largest absolute Gasteiger partial charge is 0.503 e. The topological polar surface area (TPSA) is 52.0 Å². The molecule has 6 nitrogen and oxygen atoms in total. The van der Waals surface area contributed by atoms with E-state index < -0.39 is 0 Å². The molecule has 1 N–H and O–H groups in total. The molecule has 1 aliphatic rings. The Morgan fingerprint density at radius 2 is 1.90 bits per heavy atom. The van der Waals surface area contributed by atoms with E-state index in [-0.39, 0.29) is 11.2 Å². The zero-order valence-corrected chi connectivity index (χ0v) is 13.2. The van der Waals surface area contributed by atoms with Crippen LogP contribution in [0.1, 0.15) is 5.69 Å². The first-order valence-electron chi connectivity index (χ1n) is 7.43. The molecule has 0 aliphatic carbocycles. The van der Waals surface area contributed by atoms with Crippen molar-refractivity contribution in [2.24, 2.45) is 0 Å². The second kappa shape index (κ2) is 7.06. The van der Waals surface area contributed by atoms with Gasteiger partial charge in [-0.3, -0.25) is 9.69 Å². The van der Waals surface area contributed by atoms with Gasteiger partial charge in [-0.15, -0.1) is 0 Å². The third kappa shape index (κ3) is 4.56. The van der Waals surface area contributed by atoms with Crippen LogP contribution < -0.4 is 5.43 Å². The highest BCUT2D eigenvalue weighted by atomic mass is 16.3. The smallest absolute Gasteiger partial charge is 0.223 e. The van der Waals surface area contributed by atoms with Crippen LogP contribution in [0.3, 0.4) is 0 Å². The van der Waals surface area contributed by atoms with Crippen LogP contribution in [0.2, 0.25) is 0 Å². The summed E-state index contributed by atoms with van der Waals surface area (Å²) in [5.74, 6) is -0.170. The lowest BCUT2D eigenvalue weighted by atomic mass is 10.2. The summed E-state index contributed by atoms with van der Waals surface area (Å²) < 4.78 is 2.00. The van der Waals surface area contributed by atoms with E-state index in [0.29, 0.717) is 0 Å². The Balaban J connectivity index is 2.12. The maximum Gasteiger partial charge on any atom is 0.223 e. The lowest BCUT2D eigenvalue weighted by Crippen LogP contribution is -2.44. The van der Waals surface area contributed by atoms with Crippen molar-refractivity contribution in [3.8, 4) is 5.75 Å². The number of likely N-dealkylation sites (N-methyl/N-ethyl adjacent to an activating group) is 2. The standard InChI is InChI=1S/C15H26N4O2/c1-16(2)4-9-19-12-15(21)14(20)10-13(19)11-18-7-5-17(3)6-8-18/h10,12,21H,4-9,11H2,1-3H3. The Labute approximate surface area is 126 Å². The molecule has 0 unspecified atom stereocenters. The quantitative estimate of drug-likeness (QED) is 0.819. The average Bonchev–Trinajstić information content (AvgIpc) is 2.43. The van der Waals surface area contributed by atoms with Gasteiger partial charge in [-0.05, 0) is 21.1 Å². The lowest BCUT2D eigenvalue weighted by molar-refractivity contribution is 0.145. The van der Waals surface area contributed by atoms with Crippen LogP contribution in [0.25, 0.3) is 0 Å². The monoisotopic (exact) mass is 294 g/mol. The van der Waals surface area contributed by atoms with Gasteiger partial charge in [0, 0.05) is 57.6 Å². The summed E-state index contributed by atoms with van der Waals surface area (Å²) in [6.07, 6.45) is 1.57. The highest BCUT2D eigenvalue weighted by molar-refractivity contribution is 5.20. The molecule has 0 bridgehead atoms. The first kappa shape index (κ1) is 16.0. The van der Waals surface area contributed by atoms with Gasteiger partial charge < -0.3 is 19.5 Å². The van der Waals surface area contributed by atoms with Gasteiger partial charge in [0.15, 0.2) is 5.75 Å². The normalized spacial score (nSPS) is 17.5. The molecule has 6 heteroatoms. The summed E-state index contributed by atoms with van der Waals surface area (Å²) in [5.41, 5.74) is 0.685. The number of hydrogen-bond donors (Lipinski definition) is 1. The molecule has 0 atom stereocenters. The van der Waals surface area contributed by atoms with Gasteiger partial charge in [0.05, 0.1) is 6.20 Å². The van der Waals surface area contributed by atoms with E-state index in [4.69, 9.17) is 0 Å². The van der Waals surface area contributed by atoms with Gasteiger partial charge in [0.2, 0.25) is 5.43 Å². The van der Waals surface area contributed by atoms with E-state index >= 15 is 0 Å². The number of pyridine rings is 1. The van der Waals surface area contributed by atoms with Crippen LogP contribution in [-0.4, -0.2) is 78.2 Å². The summed E-state index contributed by atoms with van der Waals surface area (Å²) in [6.45, 7) is 6.54. The zero-order valence-electron chi connectivity index (χ0n) is 13.2. The number of aromatic hydroxyl groups is 1. The number of piperazine rings is 1. The third-order valence-electron chi connectivity index (χ3n) is 3.97. The molecule has 1 fully saturated rings. The molecule has 1 aromatic rings. The van der Waals surface area contributed by atoms with Crippen molar-refractivity contribution in [2.45, 2.75) is 13.1 Å². The first-order valence-corrected chi connectivity index (χ1v) is 7.43. The van der Waals surface area contributed by atoms with Crippen molar-refractivity contribution in [1.29, 1.82) is 0 Å². The second-order valence-electron chi connectivity index (χ2n) is 6.09. The number of hydrogen-bond acceptors (Lipinski definition) is 5. The molecule has 0 spiro atoms. The highest BCUT2D eigenvalue weighted by Crippen LogP contribution is 2.10. The fourth-order valence-corrected chi connectivity index (χ4v) is 2.49. The molecule has 1 aliphatic heterocycles. The van der Waals surface area contributed by atoms with Crippen LogP contribution in [0.5, 0.6) is 5.75 Å². The summed E-state index contributed by atoms with van der Waals surface area (Å²) in [5, 5.41) is 9.66. The van der Waals surface area contributed by atoms with Crippen LogP contribution in [0.15, 0.2) is 17.1 Å². The predicted molar refractivity (Wildman–Crippen MR) is 83.7 cm³/mol. The molecule has 0 saturated carbocycles. The van der Waals surface area contributed by atoms with Crippen molar-refractivity contribution >= 4 is 0 Å². The molecule has 0 radical (unpaired) electrons. The van der Waals surface area contributed by atoms with Crippen molar-refractivity contribution in [3.63, 3.8) is 0 Å². The van der Waals surface area contributed by atoms with E-state index in [2.05, 4.69) is 21.7 Å². The molecule has 2 rings (SSSR count). The lowest BCUT2D eigenvalue weighted by Gasteiger charge is -2.33. The van der Waals surface area contributed by atoms with E-state index in [9.17, 15) is 9.90 Å². The summed E-state index contributed by atoms with van der Waals surface area (Å²) in [7, 11) is 6.16. The van der Waals surface area contributed by atoms with Crippen molar-refractivity contribution < 1.29 is 5.11 Å².